The van der Waals surface area contributed by atoms with E-state index in [1.807, 2.05) is 6.07 Å². The molecule has 2 rings (SSSR count). The van der Waals surface area contributed by atoms with Gasteiger partial charge < -0.3 is 26.8 Å². The Labute approximate surface area is 175 Å². The van der Waals surface area contributed by atoms with Crippen molar-refractivity contribution < 1.29 is 19.5 Å². The van der Waals surface area contributed by atoms with Crippen LogP contribution in [0.15, 0.2) is 29.4 Å². The molecule has 2 amide bonds. The zero-order chi connectivity index (χ0) is 22.5. The van der Waals surface area contributed by atoms with Crippen LogP contribution < -0.4 is 22.1 Å². The first-order valence-corrected chi connectivity index (χ1v) is 9.68. The van der Waals surface area contributed by atoms with Gasteiger partial charge in [-0.15, -0.1) is 0 Å². The molecule has 1 aliphatic rings. The summed E-state index contributed by atoms with van der Waals surface area (Å²) in [6.45, 7) is 1.89. The lowest BCUT2D eigenvalue weighted by atomic mass is 10.1. The van der Waals surface area contributed by atoms with E-state index in [4.69, 9.17) is 21.4 Å². The van der Waals surface area contributed by atoms with Crippen molar-refractivity contribution in [2.75, 3.05) is 25.5 Å². The Hall–Kier alpha value is -3.05. The first kappa shape index (κ1) is 25.0. The summed E-state index contributed by atoms with van der Waals surface area (Å²) in [5, 5.41) is 13.0. The van der Waals surface area contributed by atoms with Gasteiger partial charge in [0, 0.05) is 32.6 Å². The second-order valence-corrected chi connectivity index (χ2v) is 6.81. The fourth-order valence-corrected chi connectivity index (χ4v) is 2.62. The highest BCUT2D eigenvalue weighted by atomic mass is 16.4. The molecular formula is C19H31N7O4. The predicted octanol–water partition coefficient (Wildman–Crippen LogP) is -0.256. The van der Waals surface area contributed by atoms with Crippen molar-refractivity contribution in [2.24, 2.45) is 16.5 Å². The van der Waals surface area contributed by atoms with Crippen LogP contribution in [-0.4, -0.2) is 71.0 Å². The number of hydrogen-bond donors (Lipinski definition) is 5. The molecular weight excluding hydrogens is 390 g/mol. The summed E-state index contributed by atoms with van der Waals surface area (Å²) < 4.78 is 0. The average molecular weight is 422 g/mol. The molecule has 0 fully saturated rings. The Morgan fingerprint density at radius 2 is 2.10 bits per heavy atom. The van der Waals surface area contributed by atoms with E-state index in [1.165, 1.54) is 4.90 Å². The van der Waals surface area contributed by atoms with Gasteiger partial charge in [-0.25, -0.2) is 9.98 Å². The fourth-order valence-electron chi connectivity index (χ4n) is 2.62. The minimum Gasteiger partial charge on any atom is -0.481 e. The Morgan fingerprint density at radius 1 is 1.40 bits per heavy atom. The maximum Gasteiger partial charge on any atom is 0.300 e. The summed E-state index contributed by atoms with van der Waals surface area (Å²) in [7, 11) is 1.60. The van der Waals surface area contributed by atoms with Gasteiger partial charge >= 0.3 is 0 Å². The highest BCUT2D eigenvalue weighted by molar-refractivity contribution is 6.07. The fraction of sp³-hybridized carbons (Fsp3) is 0.526. The number of aliphatic carboxylic acids is 1. The number of hydrogen-bond acceptors (Lipinski definition) is 8. The van der Waals surface area contributed by atoms with Gasteiger partial charge in [-0.3, -0.25) is 19.7 Å². The SMILES string of the molecule is CC(=O)O.CN(C(=O)C[C@@H](N)CCCCN)C1CN=C(Nc2ccccn2)NC1=O. The Kier molecular flexibility index (Phi) is 11.0. The molecule has 2 atom stereocenters. The van der Waals surface area contributed by atoms with Crippen LogP contribution in [0.2, 0.25) is 0 Å². The Morgan fingerprint density at radius 3 is 2.67 bits per heavy atom. The van der Waals surface area contributed by atoms with Gasteiger partial charge in [-0.2, -0.15) is 0 Å². The number of carboxylic acid groups (broad SMARTS) is 1. The molecule has 2 heterocycles. The molecule has 1 unspecified atom stereocenters. The van der Waals surface area contributed by atoms with Gasteiger partial charge in [0.1, 0.15) is 11.9 Å². The summed E-state index contributed by atoms with van der Waals surface area (Å²) in [5.74, 6) is -0.380. The van der Waals surface area contributed by atoms with Gasteiger partial charge in [0.05, 0.1) is 6.54 Å². The highest BCUT2D eigenvalue weighted by Crippen LogP contribution is 2.09. The lowest BCUT2D eigenvalue weighted by molar-refractivity contribution is -0.138. The lowest BCUT2D eigenvalue weighted by Crippen LogP contribution is -2.55. The van der Waals surface area contributed by atoms with E-state index in [0.717, 1.165) is 26.2 Å². The Bertz CT molecular complexity index is 723. The van der Waals surface area contributed by atoms with Crippen molar-refractivity contribution in [3.63, 3.8) is 0 Å². The molecule has 1 aromatic rings. The molecule has 0 spiro atoms. The van der Waals surface area contributed by atoms with Crippen molar-refractivity contribution in [3.8, 4) is 0 Å². The summed E-state index contributed by atoms with van der Waals surface area (Å²) >= 11 is 0. The number of aliphatic imine (C=N–C) groups is 1. The number of pyridine rings is 1. The van der Waals surface area contributed by atoms with E-state index < -0.39 is 12.0 Å². The van der Waals surface area contributed by atoms with Crippen LogP contribution in [0.4, 0.5) is 5.82 Å². The molecule has 1 aliphatic heterocycles. The maximum absolute atomic E-state index is 12.4. The monoisotopic (exact) mass is 421 g/mol. The largest absolute Gasteiger partial charge is 0.481 e. The van der Waals surface area contributed by atoms with Crippen molar-refractivity contribution >= 4 is 29.6 Å². The number of rotatable bonds is 8. The van der Waals surface area contributed by atoms with Crippen LogP contribution in [0.25, 0.3) is 0 Å². The number of amides is 2. The number of carbonyl (C=O) groups is 3. The molecule has 0 bridgehead atoms. The van der Waals surface area contributed by atoms with Gasteiger partial charge in [-0.1, -0.05) is 12.5 Å². The van der Waals surface area contributed by atoms with Gasteiger partial charge in [0.2, 0.25) is 11.9 Å². The number of unbranched alkanes of at least 4 members (excludes halogenated alkanes) is 1. The number of aromatic nitrogens is 1. The van der Waals surface area contributed by atoms with Gasteiger partial charge in [0.25, 0.3) is 11.9 Å². The van der Waals surface area contributed by atoms with Crippen molar-refractivity contribution in [2.45, 2.75) is 44.7 Å². The third kappa shape index (κ3) is 9.43. The third-order valence-electron chi connectivity index (χ3n) is 4.20. The average Bonchev–Trinajstić information content (AvgIpc) is 2.68. The molecule has 0 radical (unpaired) electrons. The number of nitrogens with two attached hydrogens (primary N) is 2. The van der Waals surface area contributed by atoms with Crippen molar-refractivity contribution in [1.29, 1.82) is 0 Å². The van der Waals surface area contributed by atoms with Crippen LogP contribution in [0.5, 0.6) is 0 Å². The molecule has 30 heavy (non-hydrogen) atoms. The maximum atomic E-state index is 12.4. The zero-order valence-corrected chi connectivity index (χ0v) is 17.4. The van der Waals surface area contributed by atoms with E-state index >= 15 is 0 Å². The summed E-state index contributed by atoms with van der Waals surface area (Å²) in [6.07, 6.45) is 4.37. The quantitative estimate of drug-likeness (QED) is 0.357. The van der Waals surface area contributed by atoms with Crippen LogP contribution >= 0.6 is 0 Å². The minimum atomic E-state index is -0.833. The molecule has 166 valence electrons. The first-order valence-electron chi connectivity index (χ1n) is 9.68. The van der Waals surface area contributed by atoms with Crippen molar-refractivity contribution in [1.82, 2.24) is 15.2 Å². The molecule has 0 saturated carbocycles. The number of guanidine groups is 1. The number of nitrogens with one attached hydrogen (secondary N) is 2. The van der Waals surface area contributed by atoms with Gasteiger partial charge in [0.15, 0.2) is 0 Å². The minimum absolute atomic E-state index is 0.165. The van der Waals surface area contributed by atoms with Gasteiger partial charge in [-0.05, 0) is 31.5 Å². The number of likely N-dealkylation sites (N-methyl/N-ethyl adjacent to an activating group) is 1. The van der Waals surface area contributed by atoms with E-state index in [2.05, 4.69) is 20.6 Å². The second-order valence-electron chi connectivity index (χ2n) is 6.81. The van der Waals surface area contributed by atoms with E-state index in [1.54, 1.807) is 25.4 Å². The number of carboxylic acids is 1. The normalized spacial score (nSPS) is 16.3. The summed E-state index contributed by atoms with van der Waals surface area (Å²) in [5.41, 5.74) is 11.4. The molecule has 0 saturated heterocycles. The van der Waals surface area contributed by atoms with E-state index in [0.29, 0.717) is 18.3 Å². The first-order chi connectivity index (χ1) is 14.2. The topological polar surface area (TPSA) is 176 Å². The van der Waals surface area contributed by atoms with Crippen LogP contribution in [-0.2, 0) is 14.4 Å². The standard InChI is InChI=1S/C17H27N7O2.C2H4O2/c1-24(15(25)10-12(19)6-2-4-8-18)13-11-21-17(23-16(13)26)22-14-7-3-5-9-20-14;1-2(3)4/h3,5,7,9,12-13H,2,4,6,8,10-11,18-19H2,1H3,(H2,20,21,22,23,26);1H3,(H,3,4)/t12-,13?;/m0./s1. The molecule has 11 heteroatoms. The smallest absolute Gasteiger partial charge is 0.300 e. The predicted molar refractivity (Wildman–Crippen MR) is 114 cm³/mol. The summed E-state index contributed by atoms with van der Waals surface area (Å²) in [4.78, 5) is 43.5. The number of nitrogens with zero attached hydrogens (tertiary/aromatic N) is 3. The van der Waals surface area contributed by atoms with E-state index in [-0.39, 0.29) is 30.8 Å². The highest BCUT2D eigenvalue weighted by Gasteiger charge is 2.31. The van der Waals surface area contributed by atoms with Crippen LogP contribution in [0, 0.1) is 0 Å². The van der Waals surface area contributed by atoms with Crippen molar-refractivity contribution in [3.05, 3.63) is 24.4 Å². The molecule has 1 aromatic heterocycles. The molecule has 0 aromatic carbocycles. The lowest BCUT2D eigenvalue weighted by Gasteiger charge is -2.30. The molecule has 7 N–H and O–H groups in total. The van der Waals surface area contributed by atoms with Crippen LogP contribution in [0.3, 0.4) is 0 Å². The van der Waals surface area contributed by atoms with E-state index in [9.17, 15) is 9.59 Å². The molecule has 0 aliphatic carbocycles. The third-order valence-corrected chi connectivity index (χ3v) is 4.20. The summed E-state index contributed by atoms with van der Waals surface area (Å²) in [6, 6.07) is 4.51. The zero-order valence-electron chi connectivity index (χ0n) is 17.4. The second kappa shape index (κ2) is 13.2. The Balaban J connectivity index is 0.00000103. The number of carbonyl (C=O) groups excluding carboxylic acids is 2. The van der Waals surface area contributed by atoms with Crippen LogP contribution in [0.1, 0.15) is 32.6 Å². The number of anilines is 1. The molecule has 11 nitrogen and oxygen atoms in total.